The van der Waals surface area contributed by atoms with E-state index in [2.05, 4.69) is 10.5 Å². The van der Waals surface area contributed by atoms with Gasteiger partial charge in [-0.05, 0) is 43.3 Å². The van der Waals surface area contributed by atoms with Crippen LogP contribution in [0.15, 0.2) is 58.0 Å². The van der Waals surface area contributed by atoms with Gasteiger partial charge in [-0.15, -0.1) is 0 Å². The summed E-state index contributed by atoms with van der Waals surface area (Å²) in [6.07, 6.45) is 1.36. The van der Waals surface area contributed by atoms with Crippen LogP contribution in [0.4, 0.5) is 0 Å². The van der Waals surface area contributed by atoms with Crippen LogP contribution in [0.1, 0.15) is 12.7 Å². The van der Waals surface area contributed by atoms with Crippen LogP contribution in [-0.2, 0) is 4.79 Å². The van der Waals surface area contributed by atoms with Gasteiger partial charge in [-0.2, -0.15) is 5.10 Å². The number of carbonyl (C=O) groups excluding carboxylic acids is 1. The average molecular weight is 468 g/mol. The van der Waals surface area contributed by atoms with E-state index >= 15 is 0 Å². The smallest absolute Gasteiger partial charge is 0.277 e. The number of para-hydroxylation sites is 2. The summed E-state index contributed by atoms with van der Waals surface area (Å²) in [5.41, 5.74) is 2.96. The SMILES string of the molecule is CCOc1ccccc1OCC(=O)N/N=C\c1ccc(-c2cc(Cl)c(Cl)cc2Cl)o1. The van der Waals surface area contributed by atoms with E-state index in [4.69, 9.17) is 48.7 Å². The molecule has 3 aromatic rings. The van der Waals surface area contributed by atoms with E-state index in [0.29, 0.717) is 50.3 Å². The Morgan fingerprint density at radius 1 is 1.03 bits per heavy atom. The molecule has 0 unspecified atom stereocenters. The van der Waals surface area contributed by atoms with Crippen LogP contribution in [0.5, 0.6) is 11.5 Å². The first kappa shape index (κ1) is 22.0. The third-order valence-corrected chi connectivity index (χ3v) is 4.83. The monoisotopic (exact) mass is 466 g/mol. The topological polar surface area (TPSA) is 73.1 Å². The van der Waals surface area contributed by atoms with Gasteiger partial charge in [0.15, 0.2) is 18.1 Å². The Bertz CT molecular complexity index is 1070. The minimum absolute atomic E-state index is 0.219. The summed E-state index contributed by atoms with van der Waals surface area (Å²) in [5.74, 6) is 1.52. The number of furan rings is 1. The van der Waals surface area contributed by atoms with E-state index in [1.54, 1.807) is 42.5 Å². The van der Waals surface area contributed by atoms with Crippen molar-refractivity contribution >= 4 is 46.9 Å². The molecule has 0 fully saturated rings. The first-order chi connectivity index (χ1) is 14.5. The van der Waals surface area contributed by atoms with Crippen LogP contribution in [0, 0.1) is 0 Å². The number of rotatable bonds is 8. The van der Waals surface area contributed by atoms with Gasteiger partial charge in [0.1, 0.15) is 11.5 Å². The van der Waals surface area contributed by atoms with Crippen molar-refractivity contribution in [1.82, 2.24) is 5.43 Å². The Labute approximate surface area is 188 Å². The van der Waals surface area contributed by atoms with Crippen molar-refractivity contribution in [3.05, 3.63) is 69.4 Å². The minimum atomic E-state index is -0.433. The molecule has 0 atom stereocenters. The maximum Gasteiger partial charge on any atom is 0.277 e. The third-order valence-electron chi connectivity index (χ3n) is 3.79. The predicted octanol–water partition coefficient (Wildman–Crippen LogP) is 5.83. The largest absolute Gasteiger partial charge is 0.490 e. The van der Waals surface area contributed by atoms with Gasteiger partial charge in [-0.25, -0.2) is 5.43 Å². The molecule has 6 nitrogen and oxygen atoms in total. The molecule has 0 aliphatic carbocycles. The zero-order chi connectivity index (χ0) is 21.5. The standard InChI is InChI=1S/C21H17Cl3N2O4/c1-2-28-19-5-3-4-6-20(19)29-12-21(27)26-25-11-13-7-8-18(30-13)14-9-16(23)17(24)10-15(14)22/h3-11H,2,12H2,1H3,(H,26,27)/b25-11-. The normalized spacial score (nSPS) is 10.9. The number of amides is 1. The van der Waals surface area contributed by atoms with Crippen LogP contribution < -0.4 is 14.9 Å². The fourth-order valence-corrected chi connectivity index (χ4v) is 3.11. The maximum absolute atomic E-state index is 12.0. The van der Waals surface area contributed by atoms with Crippen molar-refractivity contribution in [1.29, 1.82) is 0 Å². The van der Waals surface area contributed by atoms with Crippen LogP contribution in [0.3, 0.4) is 0 Å². The van der Waals surface area contributed by atoms with E-state index in [9.17, 15) is 4.79 Å². The van der Waals surface area contributed by atoms with Crippen molar-refractivity contribution in [2.24, 2.45) is 5.10 Å². The van der Waals surface area contributed by atoms with Crippen LogP contribution in [0.2, 0.25) is 15.1 Å². The number of hydrogen-bond acceptors (Lipinski definition) is 5. The molecule has 0 saturated heterocycles. The number of halogens is 3. The molecule has 3 rings (SSSR count). The second-order valence-corrected chi connectivity index (χ2v) is 7.13. The molecule has 0 saturated carbocycles. The molecular formula is C21H17Cl3N2O4. The lowest BCUT2D eigenvalue weighted by Crippen LogP contribution is -2.24. The number of carbonyl (C=O) groups is 1. The van der Waals surface area contributed by atoms with Gasteiger partial charge in [0, 0.05) is 5.56 Å². The van der Waals surface area contributed by atoms with Gasteiger partial charge in [0.25, 0.3) is 5.91 Å². The molecule has 1 N–H and O–H groups in total. The Balaban J connectivity index is 1.56. The first-order valence-electron chi connectivity index (χ1n) is 8.89. The lowest BCUT2D eigenvalue weighted by atomic mass is 10.2. The quantitative estimate of drug-likeness (QED) is 0.257. The first-order valence-corrected chi connectivity index (χ1v) is 10.0. The van der Waals surface area contributed by atoms with Gasteiger partial charge < -0.3 is 13.9 Å². The molecule has 0 bridgehead atoms. The molecule has 0 aliphatic heterocycles. The Morgan fingerprint density at radius 2 is 1.73 bits per heavy atom. The lowest BCUT2D eigenvalue weighted by Gasteiger charge is -2.10. The molecular weight excluding hydrogens is 451 g/mol. The van der Waals surface area contributed by atoms with E-state index in [1.165, 1.54) is 6.21 Å². The molecule has 2 aromatic carbocycles. The highest BCUT2D eigenvalue weighted by atomic mass is 35.5. The van der Waals surface area contributed by atoms with Gasteiger partial charge in [-0.1, -0.05) is 46.9 Å². The highest BCUT2D eigenvalue weighted by Gasteiger charge is 2.12. The van der Waals surface area contributed by atoms with E-state index in [0.717, 1.165) is 0 Å². The van der Waals surface area contributed by atoms with Crippen molar-refractivity contribution in [3.8, 4) is 22.8 Å². The molecule has 0 aliphatic rings. The fourth-order valence-electron chi connectivity index (χ4n) is 2.47. The maximum atomic E-state index is 12.0. The summed E-state index contributed by atoms with van der Waals surface area (Å²) < 4.78 is 16.6. The second-order valence-electron chi connectivity index (χ2n) is 5.91. The highest BCUT2D eigenvalue weighted by molar-refractivity contribution is 6.44. The summed E-state index contributed by atoms with van der Waals surface area (Å²) in [6.45, 7) is 2.15. The van der Waals surface area contributed by atoms with Crippen LogP contribution in [0.25, 0.3) is 11.3 Å². The van der Waals surface area contributed by atoms with Crippen molar-refractivity contribution in [2.45, 2.75) is 6.92 Å². The minimum Gasteiger partial charge on any atom is -0.490 e. The fraction of sp³-hybridized carbons (Fsp3) is 0.143. The average Bonchev–Trinajstić information content (AvgIpc) is 3.19. The van der Waals surface area contributed by atoms with Crippen molar-refractivity contribution < 1.29 is 18.7 Å². The molecule has 30 heavy (non-hydrogen) atoms. The Morgan fingerprint density at radius 3 is 2.47 bits per heavy atom. The molecule has 1 heterocycles. The van der Waals surface area contributed by atoms with Crippen LogP contribution in [-0.4, -0.2) is 25.3 Å². The Kier molecular flexibility index (Phi) is 7.63. The number of nitrogens with zero attached hydrogens (tertiary/aromatic N) is 1. The number of benzene rings is 2. The number of hydrogen-bond donors (Lipinski definition) is 1. The summed E-state index contributed by atoms with van der Waals surface area (Å²) in [7, 11) is 0. The predicted molar refractivity (Wildman–Crippen MR) is 118 cm³/mol. The van der Waals surface area contributed by atoms with Crippen molar-refractivity contribution in [2.75, 3.05) is 13.2 Å². The van der Waals surface area contributed by atoms with Gasteiger partial charge in [-0.3, -0.25) is 4.79 Å². The van der Waals surface area contributed by atoms with E-state index in [1.807, 2.05) is 13.0 Å². The zero-order valence-electron chi connectivity index (χ0n) is 15.8. The third kappa shape index (κ3) is 5.69. The summed E-state index contributed by atoms with van der Waals surface area (Å²) in [5, 5.41) is 4.98. The van der Waals surface area contributed by atoms with Gasteiger partial charge in [0.2, 0.25) is 0 Å². The molecule has 1 aromatic heterocycles. The van der Waals surface area contributed by atoms with E-state index in [-0.39, 0.29) is 6.61 Å². The summed E-state index contributed by atoms with van der Waals surface area (Å²) >= 11 is 18.2. The molecule has 1 amide bonds. The highest BCUT2D eigenvalue weighted by Crippen LogP contribution is 2.35. The molecule has 0 radical (unpaired) electrons. The summed E-state index contributed by atoms with van der Waals surface area (Å²) in [4.78, 5) is 12.0. The Hall–Kier alpha value is -2.67. The van der Waals surface area contributed by atoms with E-state index < -0.39 is 5.91 Å². The number of nitrogens with one attached hydrogen (secondary N) is 1. The molecule has 9 heteroatoms. The second kappa shape index (κ2) is 10.4. The zero-order valence-corrected chi connectivity index (χ0v) is 18.1. The van der Waals surface area contributed by atoms with Gasteiger partial charge >= 0.3 is 0 Å². The van der Waals surface area contributed by atoms with Gasteiger partial charge in [0.05, 0.1) is 27.9 Å². The van der Waals surface area contributed by atoms with Crippen molar-refractivity contribution in [3.63, 3.8) is 0 Å². The van der Waals surface area contributed by atoms with Crippen LogP contribution >= 0.6 is 34.8 Å². The summed E-state index contributed by atoms with van der Waals surface area (Å²) in [6, 6.07) is 13.7. The number of hydrazone groups is 1. The molecule has 0 spiro atoms. The lowest BCUT2D eigenvalue weighted by molar-refractivity contribution is -0.123. The molecule has 156 valence electrons. The number of ether oxygens (including phenoxy) is 2.